The monoisotopic (exact) mass is 358 g/mol. The van der Waals surface area contributed by atoms with Crippen LogP contribution in [0.2, 0.25) is 0 Å². The third-order valence-corrected chi connectivity index (χ3v) is 4.36. The number of nitrogen functional groups attached to an aromatic ring is 1. The lowest BCUT2D eigenvalue weighted by Gasteiger charge is -2.19. The molecule has 0 radical (unpaired) electrons. The van der Waals surface area contributed by atoms with Gasteiger partial charge in [0.05, 0.1) is 0 Å². The van der Waals surface area contributed by atoms with E-state index in [1.807, 2.05) is 68.9 Å². The van der Waals surface area contributed by atoms with Crippen LogP contribution in [-0.4, -0.2) is 17.4 Å². The van der Waals surface area contributed by atoms with Gasteiger partial charge in [-0.2, -0.15) is 11.8 Å². The maximum absolute atomic E-state index is 11.8. The molecule has 0 heterocycles. The Balaban J connectivity index is 1.80. The standard InChI is InChI=1S/C20H26N2O2S/c1-20(2,3)24-19(23)22-18-9-5-6-15(13-18)10-11-25-14-16-7-4-8-17(21)12-16/h4-9,12-13H,10-11,14,21H2,1-3H3,(H,22,23). The largest absolute Gasteiger partial charge is 0.444 e. The molecule has 0 saturated carbocycles. The van der Waals surface area contributed by atoms with Crippen LogP contribution >= 0.6 is 11.8 Å². The van der Waals surface area contributed by atoms with Gasteiger partial charge >= 0.3 is 6.09 Å². The Bertz CT molecular complexity index is 711. The molecule has 0 unspecified atom stereocenters. The number of nitrogens with two attached hydrogens (primary N) is 1. The highest BCUT2D eigenvalue weighted by atomic mass is 32.2. The minimum absolute atomic E-state index is 0.430. The lowest BCUT2D eigenvalue weighted by Crippen LogP contribution is -2.27. The first kappa shape index (κ1) is 19.2. The van der Waals surface area contributed by atoms with E-state index >= 15 is 0 Å². The second kappa shape index (κ2) is 8.81. The van der Waals surface area contributed by atoms with Crippen molar-refractivity contribution in [3.05, 3.63) is 59.7 Å². The van der Waals surface area contributed by atoms with Crippen molar-refractivity contribution in [3.63, 3.8) is 0 Å². The van der Waals surface area contributed by atoms with Crippen LogP contribution < -0.4 is 11.1 Å². The van der Waals surface area contributed by atoms with E-state index < -0.39 is 11.7 Å². The summed E-state index contributed by atoms with van der Waals surface area (Å²) >= 11 is 1.87. The van der Waals surface area contributed by atoms with E-state index in [0.29, 0.717) is 0 Å². The van der Waals surface area contributed by atoms with Crippen LogP contribution in [0.25, 0.3) is 0 Å². The minimum Gasteiger partial charge on any atom is -0.444 e. The number of amides is 1. The Labute approximate surface area is 154 Å². The molecule has 0 spiro atoms. The van der Waals surface area contributed by atoms with Crippen molar-refractivity contribution in [1.29, 1.82) is 0 Å². The van der Waals surface area contributed by atoms with Crippen molar-refractivity contribution in [2.45, 2.75) is 38.5 Å². The molecule has 3 N–H and O–H groups in total. The van der Waals surface area contributed by atoms with Gasteiger partial charge in [0.1, 0.15) is 5.60 Å². The molecule has 0 atom stereocenters. The Hall–Kier alpha value is -2.14. The summed E-state index contributed by atoms with van der Waals surface area (Å²) in [6.07, 6.45) is 0.511. The van der Waals surface area contributed by atoms with E-state index in [9.17, 15) is 4.79 Å². The number of aryl methyl sites for hydroxylation is 1. The Kier molecular flexibility index (Phi) is 6.76. The minimum atomic E-state index is -0.501. The number of hydrogen-bond acceptors (Lipinski definition) is 4. The second-order valence-corrected chi connectivity index (χ2v) is 7.98. The van der Waals surface area contributed by atoms with Crippen molar-refractivity contribution >= 4 is 29.2 Å². The van der Waals surface area contributed by atoms with Crippen LogP contribution in [0, 0.1) is 0 Å². The molecule has 0 aliphatic heterocycles. The highest BCUT2D eigenvalue weighted by Crippen LogP contribution is 2.18. The summed E-state index contributed by atoms with van der Waals surface area (Å²) in [5.74, 6) is 1.95. The molecule has 0 bridgehead atoms. The number of rotatable bonds is 6. The fourth-order valence-electron chi connectivity index (χ4n) is 2.29. The maximum Gasteiger partial charge on any atom is 0.412 e. The number of carbonyl (C=O) groups is 1. The quantitative estimate of drug-likeness (QED) is 0.557. The van der Waals surface area contributed by atoms with Crippen LogP contribution in [-0.2, 0) is 16.9 Å². The summed E-state index contributed by atoms with van der Waals surface area (Å²) in [4.78, 5) is 11.8. The van der Waals surface area contributed by atoms with E-state index in [4.69, 9.17) is 10.5 Å². The van der Waals surface area contributed by atoms with Gasteiger partial charge in [0.15, 0.2) is 0 Å². The molecular formula is C20H26N2O2S. The zero-order valence-corrected chi connectivity index (χ0v) is 15.9. The zero-order chi connectivity index (χ0) is 18.3. The third-order valence-electron chi connectivity index (χ3n) is 3.33. The third kappa shape index (κ3) is 7.52. The number of carbonyl (C=O) groups excluding carboxylic acids is 1. The van der Waals surface area contributed by atoms with Gasteiger partial charge in [0.25, 0.3) is 0 Å². The molecule has 2 aromatic rings. The van der Waals surface area contributed by atoms with Crippen molar-refractivity contribution in [1.82, 2.24) is 0 Å². The molecule has 2 rings (SSSR count). The molecule has 0 aliphatic carbocycles. The number of benzene rings is 2. The Morgan fingerprint density at radius 1 is 1.12 bits per heavy atom. The smallest absolute Gasteiger partial charge is 0.412 e. The molecule has 0 aromatic heterocycles. The topological polar surface area (TPSA) is 64.3 Å². The number of anilines is 2. The fourth-order valence-corrected chi connectivity index (χ4v) is 3.23. The highest BCUT2D eigenvalue weighted by molar-refractivity contribution is 7.98. The van der Waals surface area contributed by atoms with E-state index in [-0.39, 0.29) is 0 Å². The Morgan fingerprint density at radius 3 is 2.56 bits per heavy atom. The van der Waals surface area contributed by atoms with Gasteiger partial charge in [-0.15, -0.1) is 0 Å². The first-order chi connectivity index (χ1) is 11.8. The SMILES string of the molecule is CC(C)(C)OC(=O)Nc1cccc(CCSCc2cccc(N)c2)c1. The molecule has 25 heavy (non-hydrogen) atoms. The lowest BCUT2D eigenvalue weighted by molar-refractivity contribution is 0.0636. The molecule has 5 heteroatoms. The van der Waals surface area contributed by atoms with Crippen LogP contribution in [0.5, 0.6) is 0 Å². The van der Waals surface area contributed by atoms with Crippen LogP contribution in [0.1, 0.15) is 31.9 Å². The van der Waals surface area contributed by atoms with E-state index in [0.717, 1.165) is 29.3 Å². The maximum atomic E-state index is 11.8. The summed E-state index contributed by atoms with van der Waals surface area (Å²) in [6, 6.07) is 15.9. The normalized spacial score (nSPS) is 11.2. The summed E-state index contributed by atoms with van der Waals surface area (Å²) in [5.41, 5.74) is 9.28. The average Bonchev–Trinajstić information content (AvgIpc) is 2.50. The van der Waals surface area contributed by atoms with Crippen LogP contribution in [0.15, 0.2) is 48.5 Å². The Morgan fingerprint density at radius 2 is 1.84 bits per heavy atom. The van der Waals surface area contributed by atoms with Gasteiger partial charge in [0.2, 0.25) is 0 Å². The first-order valence-corrected chi connectivity index (χ1v) is 9.48. The van der Waals surface area contributed by atoms with E-state index in [1.165, 1.54) is 11.1 Å². The second-order valence-electron chi connectivity index (χ2n) is 6.87. The van der Waals surface area contributed by atoms with Crippen molar-refractivity contribution in [2.75, 3.05) is 16.8 Å². The molecule has 0 aliphatic rings. The van der Waals surface area contributed by atoms with Gasteiger partial charge in [-0.25, -0.2) is 4.79 Å². The molecule has 2 aromatic carbocycles. The molecule has 0 fully saturated rings. The zero-order valence-electron chi connectivity index (χ0n) is 15.0. The number of hydrogen-bond donors (Lipinski definition) is 2. The first-order valence-electron chi connectivity index (χ1n) is 8.33. The van der Waals surface area contributed by atoms with Gasteiger partial charge in [-0.1, -0.05) is 24.3 Å². The van der Waals surface area contributed by atoms with E-state index in [1.54, 1.807) is 0 Å². The number of nitrogens with one attached hydrogen (secondary N) is 1. The highest BCUT2D eigenvalue weighted by Gasteiger charge is 2.16. The molecule has 4 nitrogen and oxygen atoms in total. The van der Waals surface area contributed by atoms with Gasteiger partial charge in [-0.3, -0.25) is 5.32 Å². The predicted octanol–water partition coefficient (Wildman–Crippen LogP) is 5.09. The van der Waals surface area contributed by atoms with Crippen molar-refractivity contribution in [2.24, 2.45) is 0 Å². The van der Waals surface area contributed by atoms with Crippen LogP contribution in [0.3, 0.4) is 0 Å². The molecule has 1 amide bonds. The molecule has 0 saturated heterocycles. The molecule has 134 valence electrons. The van der Waals surface area contributed by atoms with Crippen LogP contribution in [0.4, 0.5) is 16.2 Å². The van der Waals surface area contributed by atoms with Crippen molar-refractivity contribution in [3.8, 4) is 0 Å². The van der Waals surface area contributed by atoms with Gasteiger partial charge < -0.3 is 10.5 Å². The summed E-state index contributed by atoms with van der Waals surface area (Å²) < 4.78 is 5.27. The summed E-state index contributed by atoms with van der Waals surface area (Å²) in [7, 11) is 0. The van der Waals surface area contributed by atoms with Gasteiger partial charge in [-0.05, 0) is 68.3 Å². The summed E-state index contributed by atoms with van der Waals surface area (Å²) in [6.45, 7) is 5.54. The summed E-state index contributed by atoms with van der Waals surface area (Å²) in [5, 5.41) is 2.78. The predicted molar refractivity (Wildman–Crippen MR) is 107 cm³/mol. The number of ether oxygens (including phenoxy) is 1. The molecular weight excluding hydrogens is 332 g/mol. The van der Waals surface area contributed by atoms with Gasteiger partial charge in [0, 0.05) is 17.1 Å². The lowest BCUT2D eigenvalue weighted by atomic mass is 10.1. The average molecular weight is 359 g/mol. The van der Waals surface area contributed by atoms with Crippen molar-refractivity contribution < 1.29 is 9.53 Å². The van der Waals surface area contributed by atoms with E-state index in [2.05, 4.69) is 17.4 Å². The fraction of sp³-hybridized carbons (Fsp3) is 0.350. The number of thioether (sulfide) groups is 1.